The van der Waals surface area contributed by atoms with Crippen molar-refractivity contribution in [2.75, 3.05) is 6.54 Å². The molecule has 1 heterocycles. The van der Waals surface area contributed by atoms with Crippen LogP contribution in [0.15, 0.2) is 47.3 Å². The maximum Gasteiger partial charge on any atom is 0.266 e. The molecule has 0 saturated carbocycles. The number of amides is 1. The van der Waals surface area contributed by atoms with E-state index in [4.69, 9.17) is 4.98 Å². The minimum absolute atomic E-state index is 0.0993. The van der Waals surface area contributed by atoms with E-state index in [9.17, 15) is 9.59 Å². The average Bonchev–Trinajstić information content (AvgIpc) is 2.75. The molecule has 2 aromatic carbocycles. The van der Waals surface area contributed by atoms with Gasteiger partial charge in [-0.15, -0.1) is 0 Å². The van der Waals surface area contributed by atoms with Crippen LogP contribution in [-0.4, -0.2) is 26.9 Å². The Bertz CT molecular complexity index is 1130. The van der Waals surface area contributed by atoms with Gasteiger partial charge in [-0.2, -0.15) is 0 Å². The lowest BCUT2D eigenvalue weighted by Crippen LogP contribution is -2.38. The largest absolute Gasteiger partial charge is 0.333 e. The van der Waals surface area contributed by atoms with E-state index in [2.05, 4.69) is 13.0 Å². The molecule has 1 unspecified atom stereocenters. The number of unbranched alkanes of at least 4 members (excludes halogenated alkanes) is 1. The minimum Gasteiger partial charge on any atom is -0.333 e. The molecule has 1 amide bonds. The number of hydrogen-bond acceptors (Lipinski definition) is 3. The van der Waals surface area contributed by atoms with Crippen molar-refractivity contribution in [3.8, 4) is 5.69 Å². The summed E-state index contributed by atoms with van der Waals surface area (Å²) in [6.07, 6.45) is 3.21. The predicted molar refractivity (Wildman–Crippen MR) is 127 cm³/mol. The summed E-state index contributed by atoms with van der Waals surface area (Å²) in [5, 5.41) is 0.582. The van der Waals surface area contributed by atoms with Crippen molar-refractivity contribution in [3.05, 3.63) is 69.8 Å². The number of aromatic nitrogens is 2. The van der Waals surface area contributed by atoms with Gasteiger partial charge in [-0.05, 0) is 57.4 Å². The monoisotopic (exact) mass is 419 g/mol. The van der Waals surface area contributed by atoms with Crippen LogP contribution in [0.1, 0.15) is 69.4 Å². The molecule has 1 atom stereocenters. The number of benzene rings is 2. The SMILES string of the molecule is CCCCN(C(=O)CCC)C(C)c1nc2ccccc2c(=O)n1-c1ccc(C)cc1C. The minimum atomic E-state index is -0.316. The molecule has 0 aliphatic rings. The Morgan fingerprint density at radius 2 is 1.84 bits per heavy atom. The van der Waals surface area contributed by atoms with Gasteiger partial charge in [0, 0.05) is 13.0 Å². The van der Waals surface area contributed by atoms with Gasteiger partial charge < -0.3 is 4.90 Å². The fraction of sp³-hybridized carbons (Fsp3) is 0.423. The number of hydrogen-bond donors (Lipinski definition) is 0. The summed E-state index contributed by atoms with van der Waals surface area (Å²) in [5.74, 6) is 0.717. The Labute approximate surface area is 184 Å². The first-order valence-electron chi connectivity index (χ1n) is 11.3. The van der Waals surface area contributed by atoms with Crippen LogP contribution in [-0.2, 0) is 4.79 Å². The average molecular weight is 420 g/mol. The lowest BCUT2D eigenvalue weighted by molar-refractivity contribution is -0.133. The Hall–Kier alpha value is -2.95. The van der Waals surface area contributed by atoms with E-state index in [1.807, 2.05) is 69.0 Å². The lowest BCUT2D eigenvalue weighted by Gasteiger charge is -2.31. The predicted octanol–water partition coefficient (Wildman–Crippen LogP) is 5.49. The molecule has 3 aromatic rings. The van der Waals surface area contributed by atoms with Crippen molar-refractivity contribution in [2.45, 2.75) is 66.3 Å². The highest BCUT2D eigenvalue weighted by Crippen LogP contribution is 2.25. The summed E-state index contributed by atoms with van der Waals surface area (Å²) in [4.78, 5) is 33.4. The van der Waals surface area contributed by atoms with E-state index in [1.54, 1.807) is 4.57 Å². The third-order valence-electron chi connectivity index (χ3n) is 5.77. The first kappa shape index (κ1) is 22.7. The Morgan fingerprint density at radius 1 is 1.10 bits per heavy atom. The van der Waals surface area contributed by atoms with Crippen LogP contribution in [0.25, 0.3) is 16.6 Å². The van der Waals surface area contributed by atoms with Crippen molar-refractivity contribution in [2.24, 2.45) is 0 Å². The maximum absolute atomic E-state index is 13.6. The molecule has 0 bridgehead atoms. The molecule has 0 aliphatic heterocycles. The van der Waals surface area contributed by atoms with Crippen LogP contribution >= 0.6 is 0 Å². The fourth-order valence-corrected chi connectivity index (χ4v) is 4.08. The molecule has 164 valence electrons. The molecule has 31 heavy (non-hydrogen) atoms. The zero-order chi connectivity index (χ0) is 22.5. The second kappa shape index (κ2) is 9.90. The summed E-state index contributed by atoms with van der Waals surface area (Å²) in [6, 6.07) is 13.2. The summed E-state index contributed by atoms with van der Waals surface area (Å²) < 4.78 is 1.71. The smallest absolute Gasteiger partial charge is 0.266 e. The topological polar surface area (TPSA) is 55.2 Å². The number of rotatable bonds is 8. The first-order chi connectivity index (χ1) is 14.9. The highest BCUT2D eigenvalue weighted by molar-refractivity contribution is 5.79. The van der Waals surface area contributed by atoms with Crippen LogP contribution in [0.5, 0.6) is 0 Å². The number of nitrogens with zero attached hydrogens (tertiary/aromatic N) is 3. The number of carbonyl (C=O) groups is 1. The summed E-state index contributed by atoms with van der Waals surface area (Å²) in [7, 11) is 0. The standard InChI is InChI=1S/C26H33N3O2/c1-6-8-16-28(24(30)11-7-2)20(5)25-27-22-13-10-9-12-21(22)26(31)29(25)23-15-14-18(3)17-19(23)4/h9-10,12-15,17,20H,6-8,11,16H2,1-5H3. The second-order valence-corrected chi connectivity index (χ2v) is 8.28. The normalized spacial score (nSPS) is 12.2. The van der Waals surface area contributed by atoms with Gasteiger partial charge in [-0.25, -0.2) is 4.98 Å². The molecule has 3 rings (SSSR count). The molecular formula is C26H33N3O2. The Balaban J connectivity index is 2.26. The molecule has 0 fully saturated rings. The van der Waals surface area contributed by atoms with Gasteiger partial charge in [0.25, 0.3) is 5.56 Å². The maximum atomic E-state index is 13.6. The van der Waals surface area contributed by atoms with Crippen molar-refractivity contribution in [1.29, 1.82) is 0 Å². The van der Waals surface area contributed by atoms with Gasteiger partial charge in [0.1, 0.15) is 5.82 Å². The Morgan fingerprint density at radius 3 is 2.52 bits per heavy atom. The number of para-hydroxylation sites is 1. The number of fused-ring (bicyclic) bond motifs is 1. The van der Waals surface area contributed by atoms with Crippen LogP contribution < -0.4 is 5.56 Å². The van der Waals surface area contributed by atoms with Crippen LogP contribution in [0.2, 0.25) is 0 Å². The van der Waals surface area contributed by atoms with E-state index in [0.29, 0.717) is 29.7 Å². The van der Waals surface area contributed by atoms with Gasteiger partial charge in [0.15, 0.2) is 0 Å². The molecule has 5 nitrogen and oxygen atoms in total. The van der Waals surface area contributed by atoms with Crippen LogP contribution in [0.3, 0.4) is 0 Å². The molecule has 1 aromatic heterocycles. The number of aryl methyl sites for hydroxylation is 2. The fourth-order valence-electron chi connectivity index (χ4n) is 4.08. The number of carbonyl (C=O) groups excluding carboxylic acids is 1. The van der Waals surface area contributed by atoms with Gasteiger partial charge in [-0.3, -0.25) is 14.2 Å². The van der Waals surface area contributed by atoms with E-state index in [0.717, 1.165) is 36.1 Å². The van der Waals surface area contributed by atoms with Crippen LogP contribution in [0.4, 0.5) is 0 Å². The van der Waals surface area contributed by atoms with Crippen molar-refractivity contribution in [1.82, 2.24) is 14.5 Å². The summed E-state index contributed by atoms with van der Waals surface area (Å²) in [6.45, 7) is 10.8. The first-order valence-corrected chi connectivity index (χ1v) is 11.3. The van der Waals surface area contributed by atoms with Gasteiger partial charge in [0.2, 0.25) is 5.91 Å². The summed E-state index contributed by atoms with van der Waals surface area (Å²) in [5.41, 5.74) is 3.52. The molecule has 5 heteroatoms. The van der Waals surface area contributed by atoms with Crippen LogP contribution in [0, 0.1) is 13.8 Å². The van der Waals surface area contributed by atoms with Crippen molar-refractivity contribution >= 4 is 16.8 Å². The lowest BCUT2D eigenvalue weighted by atomic mass is 10.1. The van der Waals surface area contributed by atoms with Crippen molar-refractivity contribution in [3.63, 3.8) is 0 Å². The van der Waals surface area contributed by atoms with E-state index in [-0.39, 0.29) is 17.5 Å². The van der Waals surface area contributed by atoms with E-state index < -0.39 is 0 Å². The molecule has 0 N–H and O–H groups in total. The van der Waals surface area contributed by atoms with E-state index in [1.165, 1.54) is 0 Å². The highest BCUT2D eigenvalue weighted by atomic mass is 16.2. The van der Waals surface area contributed by atoms with Crippen molar-refractivity contribution < 1.29 is 4.79 Å². The molecule has 0 saturated heterocycles. The summed E-state index contributed by atoms with van der Waals surface area (Å²) >= 11 is 0. The third-order valence-corrected chi connectivity index (χ3v) is 5.77. The highest BCUT2D eigenvalue weighted by Gasteiger charge is 2.26. The van der Waals surface area contributed by atoms with Gasteiger partial charge in [-0.1, -0.05) is 50.1 Å². The molecule has 0 aliphatic carbocycles. The third kappa shape index (κ3) is 4.71. The quantitative estimate of drug-likeness (QED) is 0.485. The molecular weight excluding hydrogens is 386 g/mol. The molecule has 0 radical (unpaired) electrons. The molecule has 0 spiro atoms. The second-order valence-electron chi connectivity index (χ2n) is 8.28. The zero-order valence-electron chi connectivity index (χ0n) is 19.3. The van der Waals surface area contributed by atoms with Gasteiger partial charge >= 0.3 is 0 Å². The van der Waals surface area contributed by atoms with E-state index >= 15 is 0 Å². The Kier molecular flexibility index (Phi) is 7.26. The van der Waals surface area contributed by atoms with Gasteiger partial charge in [0.05, 0.1) is 22.6 Å². The zero-order valence-corrected chi connectivity index (χ0v) is 19.3.